The number of hydrogen-bond acceptors (Lipinski definition) is 5. The van der Waals surface area contributed by atoms with E-state index in [1.807, 2.05) is 36.7 Å². The summed E-state index contributed by atoms with van der Waals surface area (Å²) in [5, 5.41) is 7.72. The summed E-state index contributed by atoms with van der Waals surface area (Å²) in [5.74, 6) is 0.844. The third-order valence-corrected chi connectivity index (χ3v) is 5.53. The molecule has 0 aliphatic carbocycles. The molecule has 152 valence electrons. The molecule has 1 saturated heterocycles. The van der Waals surface area contributed by atoms with E-state index in [0.29, 0.717) is 6.04 Å². The van der Waals surface area contributed by atoms with Gasteiger partial charge in [-0.15, -0.1) is 37.2 Å². The topological polar surface area (TPSA) is 49.8 Å². The zero-order valence-electron chi connectivity index (χ0n) is 15.3. The van der Waals surface area contributed by atoms with Gasteiger partial charge in [0.2, 0.25) is 0 Å². The van der Waals surface area contributed by atoms with E-state index in [-0.39, 0.29) is 37.2 Å². The average Bonchev–Trinajstić information content (AvgIpc) is 3.34. The molecule has 0 radical (unpaired) electrons. The number of halogens is 3. The van der Waals surface area contributed by atoms with Crippen LogP contribution in [-0.4, -0.2) is 22.6 Å². The van der Waals surface area contributed by atoms with Gasteiger partial charge < -0.3 is 10.6 Å². The Hall–Kier alpha value is -1.37. The zero-order valence-corrected chi connectivity index (χ0v) is 18.6. The van der Waals surface area contributed by atoms with Crippen molar-refractivity contribution < 1.29 is 0 Å². The molecule has 4 nitrogen and oxygen atoms in total. The van der Waals surface area contributed by atoms with E-state index in [9.17, 15) is 0 Å². The predicted molar refractivity (Wildman–Crippen MR) is 126 cm³/mol. The quantitative estimate of drug-likeness (QED) is 0.482. The fourth-order valence-electron chi connectivity index (χ4n) is 3.17. The number of anilines is 2. The number of pyridine rings is 1. The monoisotopic (exact) mass is 458 g/mol. The van der Waals surface area contributed by atoms with E-state index in [2.05, 4.69) is 38.8 Å². The zero-order chi connectivity index (χ0) is 16.9. The molecule has 2 aromatic heterocycles. The average molecular weight is 460 g/mol. The number of aryl methyl sites for hydroxylation is 1. The Morgan fingerprint density at radius 3 is 2.50 bits per heavy atom. The summed E-state index contributed by atoms with van der Waals surface area (Å²) in [4.78, 5) is 10.2. The van der Waals surface area contributed by atoms with Gasteiger partial charge in [0.15, 0.2) is 5.13 Å². The summed E-state index contributed by atoms with van der Waals surface area (Å²) in [7, 11) is 0. The van der Waals surface area contributed by atoms with Gasteiger partial charge in [-0.05, 0) is 49.4 Å². The summed E-state index contributed by atoms with van der Waals surface area (Å²) in [6, 6.07) is 15.2. The molecule has 1 aliphatic rings. The van der Waals surface area contributed by atoms with Gasteiger partial charge in [0.1, 0.15) is 5.82 Å². The van der Waals surface area contributed by atoms with E-state index in [4.69, 9.17) is 0 Å². The predicted octanol–water partition coefficient (Wildman–Crippen LogP) is 5.90. The first kappa shape index (κ1) is 24.7. The molecular formula is C20H25Cl3N4S. The van der Waals surface area contributed by atoms with Crippen LogP contribution in [0.5, 0.6) is 0 Å². The number of aromatic nitrogens is 2. The fourth-order valence-corrected chi connectivity index (χ4v) is 4.00. The van der Waals surface area contributed by atoms with Gasteiger partial charge in [0.05, 0.1) is 4.88 Å². The van der Waals surface area contributed by atoms with Crippen LogP contribution in [0, 0.1) is 0 Å². The van der Waals surface area contributed by atoms with Crippen LogP contribution < -0.4 is 10.6 Å². The first-order valence-electron chi connectivity index (χ1n) is 8.83. The highest BCUT2D eigenvalue weighted by molar-refractivity contribution is 7.18. The largest absolute Gasteiger partial charge is 0.316 e. The second-order valence-corrected chi connectivity index (χ2v) is 7.43. The van der Waals surface area contributed by atoms with Crippen molar-refractivity contribution in [1.29, 1.82) is 0 Å². The first-order valence-corrected chi connectivity index (χ1v) is 9.65. The van der Waals surface area contributed by atoms with Crippen LogP contribution in [0.4, 0.5) is 10.9 Å². The molecule has 4 rings (SSSR count). The summed E-state index contributed by atoms with van der Waals surface area (Å²) in [6.07, 6.45) is 8.78. The van der Waals surface area contributed by atoms with Crippen molar-refractivity contribution in [1.82, 2.24) is 15.3 Å². The van der Waals surface area contributed by atoms with Gasteiger partial charge in [-0.25, -0.2) is 9.97 Å². The van der Waals surface area contributed by atoms with Crippen molar-refractivity contribution in [2.75, 3.05) is 11.9 Å². The molecule has 2 N–H and O–H groups in total. The number of nitrogens with zero attached hydrogens (tertiary/aromatic N) is 2. The Morgan fingerprint density at radius 2 is 1.82 bits per heavy atom. The summed E-state index contributed by atoms with van der Waals surface area (Å²) in [5.41, 5.74) is 2.49. The maximum absolute atomic E-state index is 4.54. The second kappa shape index (κ2) is 12.2. The van der Waals surface area contributed by atoms with Gasteiger partial charge in [0, 0.05) is 18.4 Å². The van der Waals surface area contributed by atoms with Crippen molar-refractivity contribution in [2.24, 2.45) is 0 Å². The van der Waals surface area contributed by atoms with Crippen LogP contribution in [0.25, 0.3) is 10.4 Å². The second-order valence-electron chi connectivity index (χ2n) is 6.40. The Labute approximate surface area is 188 Å². The molecule has 1 aliphatic heterocycles. The minimum Gasteiger partial charge on any atom is -0.316 e. The van der Waals surface area contributed by atoms with Gasteiger partial charge >= 0.3 is 0 Å². The van der Waals surface area contributed by atoms with Crippen LogP contribution in [0.1, 0.15) is 24.8 Å². The maximum atomic E-state index is 4.54. The van der Waals surface area contributed by atoms with Gasteiger partial charge in [-0.3, -0.25) is 0 Å². The van der Waals surface area contributed by atoms with E-state index in [1.54, 1.807) is 11.3 Å². The van der Waals surface area contributed by atoms with Gasteiger partial charge in [-0.1, -0.05) is 47.7 Å². The standard InChI is InChI=1S/C20H22N4S.3ClH/c1-2-5-16(6-3-1)18-14-23-20(25-18)24-19-11-9-15(13-22-19)8-10-17-7-4-12-21-17;;;/h1-3,5-6,9,11,13-14,17,21H,4,7-8,10,12H2,(H,22,23,24);3*1H. The van der Waals surface area contributed by atoms with Crippen LogP contribution in [0.15, 0.2) is 54.9 Å². The van der Waals surface area contributed by atoms with Crippen LogP contribution >= 0.6 is 48.6 Å². The van der Waals surface area contributed by atoms with Crippen molar-refractivity contribution in [3.63, 3.8) is 0 Å². The molecule has 1 fully saturated rings. The number of nitrogens with one attached hydrogen (secondary N) is 2. The highest BCUT2D eigenvalue weighted by atomic mass is 35.5. The van der Waals surface area contributed by atoms with E-state index in [0.717, 1.165) is 22.2 Å². The van der Waals surface area contributed by atoms with Crippen LogP contribution in [0.2, 0.25) is 0 Å². The van der Waals surface area contributed by atoms with Crippen molar-refractivity contribution in [3.8, 4) is 10.4 Å². The minimum atomic E-state index is 0. The lowest BCUT2D eigenvalue weighted by molar-refractivity contribution is 0.559. The molecule has 1 aromatic carbocycles. The summed E-state index contributed by atoms with van der Waals surface area (Å²) in [6.45, 7) is 1.17. The van der Waals surface area contributed by atoms with Crippen molar-refractivity contribution >= 4 is 59.5 Å². The molecular weight excluding hydrogens is 435 g/mol. The van der Waals surface area contributed by atoms with E-state index < -0.39 is 0 Å². The summed E-state index contributed by atoms with van der Waals surface area (Å²) >= 11 is 1.64. The highest BCUT2D eigenvalue weighted by Gasteiger charge is 2.13. The SMILES string of the molecule is Cl.Cl.Cl.c1ccc(-c2cnc(Nc3ccc(CCC4CCCN4)cn3)s2)cc1. The molecule has 0 bridgehead atoms. The molecule has 3 heterocycles. The molecule has 0 saturated carbocycles. The fraction of sp³-hybridized carbons (Fsp3) is 0.300. The third-order valence-electron chi connectivity index (χ3n) is 4.57. The Kier molecular flexibility index (Phi) is 10.8. The lowest BCUT2D eigenvalue weighted by Crippen LogP contribution is -2.21. The molecule has 3 aromatic rings. The van der Waals surface area contributed by atoms with E-state index in [1.165, 1.54) is 36.9 Å². The maximum Gasteiger partial charge on any atom is 0.188 e. The molecule has 28 heavy (non-hydrogen) atoms. The first-order chi connectivity index (χ1) is 12.4. The molecule has 1 unspecified atom stereocenters. The normalized spacial score (nSPS) is 15.1. The van der Waals surface area contributed by atoms with Crippen LogP contribution in [-0.2, 0) is 6.42 Å². The number of thiazole rings is 1. The Balaban J connectivity index is 0.00000131. The Bertz CT molecular complexity index is 806. The minimum absolute atomic E-state index is 0. The molecule has 0 amide bonds. The molecule has 1 atom stereocenters. The van der Waals surface area contributed by atoms with Crippen molar-refractivity contribution in [3.05, 3.63) is 60.4 Å². The summed E-state index contributed by atoms with van der Waals surface area (Å²) < 4.78 is 0. The number of rotatable bonds is 6. The third kappa shape index (κ3) is 6.61. The number of hydrogen-bond donors (Lipinski definition) is 2. The smallest absolute Gasteiger partial charge is 0.188 e. The highest BCUT2D eigenvalue weighted by Crippen LogP contribution is 2.30. The van der Waals surface area contributed by atoms with Crippen molar-refractivity contribution in [2.45, 2.75) is 31.7 Å². The van der Waals surface area contributed by atoms with Crippen LogP contribution in [0.3, 0.4) is 0 Å². The molecule has 0 spiro atoms. The van der Waals surface area contributed by atoms with Gasteiger partial charge in [-0.2, -0.15) is 0 Å². The lowest BCUT2D eigenvalue weighted by atomic mass is 10.1. The van der Waals surface area contributed by atoms with Gasteiger partial charge in [0.25, 0.3) is 0 Å². The Morgan fingerprint density at radius 1 is 1.00 bits per heavy atom. The van der Waals surface area contributed by atoms with E-state index >= 15 is 0 Å². The number of benzene rings is 1. The molecule has 8 heteroatoms. The lowest BCUT2D eigenvalue weighted by Gasteiger charge is -2.09.